The van der Waals surface area contributed by atoms with Crippen LogP contribution in [0.5, 0.6) is 0 Å². The SMILES string of the molecule is Cc1cccc([C@H](C(=O)N2CCN(C)C3(CCN(C)CC3)C2)N(C)C)c1. The van der Waals surface area contributed by atoms with E-state index in [4.69, 9.17) is 0 Å². The molecule has 0 aromatic heterocycles. The van der Waals surface area contributed by atoms with Crippen LogP contribution in [0.3, 0.4) is 0 Å². The van der Waals surface area contributed by atoms with Crippen LogP contribution in [0.4, 0.5) is 0 Å². The molecular weight excluding hydrogens is 324 g/mol. The topological polar surface area (TPSA) is 30.0 Å². The minimum atomic E-state index is -0.207. The third-order valence-electron chi connectivity index (χ3n) is 6.34. The highest BCUT2D eigenvalue weighted by Crippen LogP contribution is 2.33. The van der Waals surface area contributed by atoms with Gasteiger partial charge in [0, 0.05) is 25.2 Å². The Hall–Kier alpha value is -1.43. The molecule has 144 valence electrons. The summed E-state index contributed by atoms with van der Waals surface area (Å²) in [7, 11) is 8.44. The van der Waals surface area contributed by atoms with E-state index in [1.165, 1.54) is 5.56 Å². The Morgan fingerprint density at radius 3 is 2.42 bits per heavy atom. The van der Waals surface area contributed by atoms with Gasteiger partial charge >= 0.3 is 0 Å². The zero-order valence-electron chi connectivity index (χ0n) is 17.0. The first-order valence-corrected chi connectivity index (χ1v) is 9.74. The minimum absolute atomic E-state index is 0.143. The van der Waals surface area contributed by atoms with Gasteiger partial charge in [0.05, 0.1) is 0 Å². The Kier molecular flexibility index (Phi) is 5.70. The summed E-state index contributed by atoms with van der Waals surface area (Å²) in [4.78, 5) is 22.6. The number of rotatable bonds is 3. The minimum Gasteiger partial charge on any atom is -0.338 e. The van der Waals surface area contributed by atoms with E-state index in [2.05, 4.69) is 64.9 Å². The lowest BCUT2D eigenvalue weighted by atomic mass is 9.83. The third-order valence-corrected chi connectivity index (χ3v) is 6.34. The Morgan fingerprint density at radius 1 is 1.12 bits per heavy atom. The summed E-state index contributed by atoms with van der Waals surface area (Å²) in [6.07, 6.45) is 2.28. The number of nitrogens with zero attached hydrogens (tertiary/aromatic N) is 4. The molecule has 2 fully saturated rings. The van der Waals surface area contributed by atoms with Crippen LogP contribution in [0.15, 0.2) is 24.3 Å². The molecule has 5 nitrogen and oxygen atoms in total. The fourth-order valence-corrected chi connectivity index (χ4v) is 4.50. The van der Waals surface area contributed by atoms with E-state index in [1.54, 1.807) is 0 Å². The fourth-order valence-electron chi connectivity index (χ4n) is 4.50. The van der Waals surface area contributed by atoms with E-state index in [0.717, 1.165) is 51.1 Å². The maximum absolute atomic E-state index is 13.5. The van der Waals surface area contributed by atoms with Crippen molar-refractivity contribution in [3.8, 4) is 0 Å². The number of amides is 1. The number of piperazine rings is 1. The molecule has 1 aromatic carbocycles. The van der Waals surface area contributed by atoms with E-state index in [9.17, 15) is 4.79 Å². The lowest BCUT2D eigenvalue weighted by Crippen LogP contribution is -2.65. The van der Waals surface area contributed by atoms with E-state index in [1.807, 2.05) is 14.1 Å². The molecule has 1 spiro atoms. The number of hydrogen-bond acceptors (Lipinski definition) is 4. The average molecular weight is 359 g/mol. The zero-order chi connectivity index (χ0) is 18.9. The third kappa shape index (κ3) is 3.80. The first-order chi connectivity index (χ1) is 12.3. The van der Waals surface area contributed by atoms with Gasteiger partial charge in [0.2, 0.25) is 5.91 Å². The standard InChI is InChI=1S/C21H34N4O/c1-17-7-6-8-18(15-17)19(22(2)3)20(26)25-14-13-24(5)21(16-25)9-11-23(4)12-10-21/h6-8,15,19H,9-14,16H2,1-5H3/t19-/m1/s1. The first kappa shape index (κ1) is 19.3. The van der Waals surface area contributed by atoms with E-state index >= 15 is 0 Å². The van der Waals surface area contributed by atoms with Crippen LogP contribution >= 0.6 is 0 Å². The molecule has 1 aromatic rings. The Bertz CT molecular complexity index is 637. The maximum Gasteiger partial charge on any atom is 0.244 e. The van der Waals surface area contributed by atoms with Gasteiger partial charge in [0.15, 0.2) is 0 Å². The summed E-state index contributed by atoms with van der Waals surface area (Å²) in [5.74, 6) is 0.243. The molecule has 26 heavy (non-hydrogen) atoms. The second-order valence-corrected chi connectivity index (χ2v) is 8.49. The van der Waals surface area contributed by atoms with Crippen LogP contribution in [0.1, 0.15) is 30.0 Å². The van der Waals surface area contributed by atoms with Crippen LogP contribution < -0.4 is 0 Å². The van der Waals surface area contributed by atoms with Crippen molar-refractivity contribution < 1.29 is 4.79 Å². The van der Waals surface area contributed by atoms with Crippen molar-refractivity contribution >= 4 is 5.91 Å². The van der Waals surface area contributed by atoms with Crippen molar-refractivity contribution in [3.63, 3.8) is 0 Å². The van der Waals surface area contributed by atoms with Gasteiger partial charge in [-0.05, 0) is 66.6 Å². The molecule has 2 heterocycles. The quantitative estimate of drug-likeness (QED) is 0.825. The van der Waals surface area contributed by atoms with Gasteiger partial charge in [0.1, 0.15) is 6.04 Å². The number of hydrogen-bond donors (Lipinski definition) is 0. The Morgan fingerprint density at radius 2 is 1.81 bits per heavy atom. The van der Waals surface area contributed by atoms with Crippen molar-refractivity contribution in [2.75, 3.05) is 60.9 Å². The van der Waals surface area contributed by atoms with Gasteiger partial charge < -0.3 is 9.80 Å². The number of aryl methyl sites for hydroxylation is 1. The van der Waals surface area contributed by atoms with Gasteiger partial charge in [-0.25, -0.2) is 0 Å². The molecule has 2 aliphatic rings. The number of carbonyl (C=O) groups is 1. The predicted octanol–water partition coefficient (Wildman–Crippen LogP) is 1.84. The molecule has 0 unspecified atom stereocenters. The number of benzene rings is 1. The molecule has 0 radical (unpaired) electrons. The second-order valence-electron chi connectivity index (χ2n) is 8.49. The Balaban J connectivity index is 1.81. The average Bonchev–Trinajstić information content (AvgIpc) is 2.60. The summed E-state index contributed by atoms with van der Waals surface area (Å²) in [5, 5.41) is 0. The molecule has 1 atom stereocenters. The number of likely N-dealkylation sites (N-methyl/N-ethyl adjacent to an activating group) is 2. The summed E-state index contributed by atoms with van der Waals surface area (Å²) >= 11 is 0. The van der Waals surface area contributed by atoms with Crippen molar-refractivity contribution in [3.05, 3.63) is 35.4 Å². The summed E-state index contributed by atoms with van der Waals surface area (Å²) in [5.41, 5.74) is 2.44. The molecule has 2 saturated heterocycles. The van der Waals surface area contributed by atoms with Gasteiger partial charge in [-0.2, -0.15) is 0 Å². The smallest absolute Gasteiger partial charge is 0.244 e. The van der Waals surface area contributed by atoms with Crippen LogP contribution in [0, 0.1) is 6.92 Å². The largest absolute Gasteiger partial charge is 0.338 e. The number of likely N-dealkylation sites (tertiary alicyclic amines) is 1. The molecule has 0 saturated carbocycles. The second kappa shape index (κ2) is 7.67. The molecule has 1 amide bonds. The van der Waals surface area contributed by atoms with Gasteiger partial charge in [0.25, 0.3) is 0 Å². The van der Waals surface area contributed by atoms with Gasteiger partial charge in [-0.3, -0.25) is 14.6 Å². The Labute approximate surface area is 158 Å². The molecule has 2 aliphatic heterocycles. The molecule has 0 aliphatic carbocycles. The summed E-state index contributed by atoms with van der Waals surface area (Å²) in [6.45, 7) is 6.95. The molecule has 3 rings (SSSR count). The van der Waals surface area contributed by atoms with Crippen LogP contribution in [-0.2, 0) is 4.79 Å². The predicted molar refractivity (Wildman–Crippen MR) is 106 cm³/mol. The molecule has 0 N–H and O–H groups in total. The molecule has 0 bridgehead atoms. The fraction of sp³-hybridized carbons (Fsp3) is 0.667. The number of carbonyl (C=O) groups excluding carboxylic acids is 1. The highest BCUT2D eigenvalue weighted by atomic mass is 16.2. The highest BCUT2D eigenvalue weighted by molar-refractivity contribution is 5.83. The van der Waals surface area contributed by atoms with Crippen molar-refractivity contribution in [2.24, 2.45) is 0 Å². The van der Waals surface area contributed by atoms with Crippen LogP contribution in [-0.4, -0.2) is 92.0 Å². The van der Waals surface area contributed by atoms with Crippen molar-refractivity contribution in [2.45, 2.75) is 31.3 Å². The van der Waals surface area contributed by atoms with Crippen molar-refractivity contribution in [1.82, 2.24) is 19.6 Å². The van der Waals surface area contributed by atoms with E-state index < -0.39 is 0 Å². The van der Waals surface area contributed by atoms with E-state index in [-0.39, 0.29) is 17.5 Å². The zero-order valence-corrected chi connectivity index (χ0v) is 17.0. The lowest BCUT2D eigenvalue weighted by Gasteiger charge is -2.53. The van der Waals surface area contributed by atoms with Gasteiger partial charge in [-0.1, -0.05) is 29.8 Å². The van der Waals surface area contributed by atoms with Crippen molar-refractivity contribution in [1.29, 1.82) is 0 Å². The normalized spacial score (nSPS) is 22.8. The van der Waals surface area contributed by atoms with E-state index in [0.29, 0.717) is 0 Å². The monoisotopic (exact) mass is 358 g/mol. The highest BCUT2D eigenvalue weighted by Gasteiger charge is 2.44. The lowest BCUT2D eigenvalue weighted by molar-refractivity contribution is -0.143. The number of piperidine rings is 1. The molecular formula is C21H34N4O. The molecule has 5 heteroatoms. The maximum atomic E-state index is 13.5. The first-order valence-electron chi connectivity index (χ1n) is 9.74. The van der Waals surface area contributed by atoms with Crippen LogP contribution in [0.2, 0.25) is 0 Å². The van der Waals surface area contributed by atoms with Gasteiger partial charge in [-0.15, -0.1) is 0 Å². The summed E-state index contributed by atoms with van der Waals surface area (Å²) < 4.78 is 0. The summed E-state index contributed by atoms with van der Waals surface area (Å²) in [6, 6.07) is 8.16. The van der Waals surface area contributed by atoms with Crippen LogP contribution in [0.25, 0.3) is 0 Å².